The van der Waals surface area contributed by atoms with E-state index in [4.69, 9.17) is 0 Å². The average Bonchev–Trinajstić information content (AvgIpc) is 2.53. The summed E-state index contributed by atoms with van der Waals surface area (Å²) in [7, 11) is 1.35. The van der Waals surface area contributed by atoms with Crippen LogP contribution in [-0.4, -0.2) is 19.0 Å². The van der Waals surface area contributed by atoms with Gasteiger partial charge in [-0.15, -0.1) is 0 Å². The molecule has 1 aliphatic carbocycles. The third kappa shape index (κ3) is 3.57. The van der Waals surface area contributed by atoms with E-state index in [1.54, 1.807) is 18.2 Å². The number of esters is 1. The van der Waals surface area contributed by atoms with E-state index < -0.39 is 0 Å². The fourth-order valence-corrected chi connectivity index (χ4v) is 1.99. The molecule has 2 rings (SSSR count). The Morgan fingerprint density at radius 1 is 1.30 bits per heavy atom. The molecule has 0 heterocycles. The Labute approximate surface area is 118 Å². The van der Waals surface area contributed by atoms with Crippen LogP contribution in [0.4, 0.5) is 0 Å². The van der Waals surface area contributed by atoms with Gasteiger partial charge in [-0.25, -0.2) is 4.79 Å². The average molecular weight is 271 g/mol. The molecule has 0 unspecified atom stereocenters. The summed E-state index contributed by atoms with van der Waals surface area (Å²) in [6, 6.07) is 7.03. The number of rotatable bonds is 4. The second-order valence-electron chi connectivity index (χ2n) is 4.51. The molecule has 1 aliphatic rings. The van der Waals surface area contributed by atoms with Crippen molar-refractivity contribution in [2.75, 3.05) is 7.11 Å². The molecule has 0 saturated heterocycles. The fourth-order valence-electron chi connectivity index (χ4n) is 1.99. The second kappa shape index (κ2) is 6.70. The van der Waals surface area contributed by atoms with Gasteiger partial charge in [-0.2, -0.15) is 0 Å². The smallest absolute Gasteiger partial charge is 0.337 e. The highest BCUT2D eigenvalue weighted by atomic mass is 16.5. The molecule has 0 fully saturated rings. The van der Waals surface area contributed by atoms with Crippen molar-refractivity contribution in [3.8, 4) is 0 Å². The minimum Gasteiger partial charge on any atom is -0.465 e. The van der Waals surface area contributed by atoms with Gasteiger partial charge in [0.25, 0.3) is 5.91 Å². The lowest BCUT2D eigenvalue weighted by atomic mass is 10.1. The SMILES string of the molecule is COC(=O)c1cccc(CNC(=O)C2=CCCC=C2)c1. The van der Waals surface area contributed by atoms with Crippen molar-refractivity contribution in [3.05, 3.63) is 59.2 Å². The Morgan fingerprint density at radius 3 is 2.85 bits per heavy atom. The molecule has 4 heteroatoms. The van der Waals surface area contributed by atoms with Gasteiger partial charge < -0.3 is 10.1 Å². The Morgan fingerprint density at radius 2 is 2.15 bits per heavy atom. The lowest BCUT2D eigenvalue weighted by Crippen LogP contribution is -2.24. The zero-order valence-corrected chi connectivity index (χ0v) is 11.4. The first kappa shape index (κ1) is 14.1. The highest BCUT2D eigenvalue weighted by Crippen LogP contribution is 2.10. The molecule has 0 saturated carbocycles. The van der Waals surface area contributed by atoms with E-state index in [1.165, 1.54) is 7.11 Å². The van der Waals surface area contributed by atoms with Crippen molar-refractivity contribution >= 4 is 11.9 Å². The number of amides is 1. The summed E-state index contributed by atoms with van der Waals surface area (Å²) in [6.07, 6.45) is 7.64. The van der Waals surface area contributed by atoms with Crippen molar-refractivity contribution in [2.24, 2.45) is 0 Å². The van der Waals surface area contributed by atoms with Crippen LogP contribution in [0.15, 0.2) is 48.1 Å². The summed E-state index contributed by atoms with van der Waals surface area (Å²) >= 11 is 0. The van der Waals surface area contributed by atoms with E-state index in [2.05, 4.69) is 10.1 Å². The molecule has 20 heavy (non-hydrogen) atoms. The Bertz CT molecular complexity index is 573. The van der Waals surface area contributed by atoms with E-state index in [-0.39, 0.29) is 11.9 Å². The third-order valence-corrected chi connectivity index (χ3v) is 3.06. The number of nitrogens with one attached hydrogen (secondary N) is 1. The van der Waals surface area contributed by atoms with Crippen molar-refractivity contribution in [3.63, 3.8) is 0 Å². The van der Waals surface area contributed by atoms with Crippen molar-refractivity contribution < 1.29 is 14.3 Å². The fraction of sp³-hybridized carbons (Fsp3) is 0.250. The number of benzene rings is 1. The van der Waals surface area contributed by atoms with Crippen LogP contribution in [0.1, 0.15) is 28.8 Å². The van der Waals surface area contributed by atoms with Crippen LogP contribution < -0.4 is 5.32 Å². The van der Waals surface area contributed by atoms with Gasteiger partial charge in [0.05, 0.1) is 12.7 Å². The van der Waals surface area contributed by atoms with Gasteiger partial charge in [-0.1, -0.05) is 30.4 Å². The van der Waals surface area contributed by atoms with E-state index in [1.807, 2.05) is 24.3 Å². The van der Waals surface area contributed by atoms with Crippen molar-refractivity contribution in [1.82, 2.24) is 5.32 Å². The number of hydrogen-bond donors (Lipinski definition) is 1. The lowest BCUT2D eigenvalue weighted by molar-refractivity contribution is -0.117. The molecule has 1 aromatic carbocycles. The van der Waals surface area contributed by atoms with E-state index in [0.717, 1.165) is 18.4 Å². The van der Waals surface area contributed by atoms with Gasteiger partial charge in [-0.05, 0) is 30.5 Å². The van der Waals surface area contributed by atoms with Crippen LogP contribution in [0.25, 0.3) is 0 Å². The highest BCUT2D eigenvalue weighted by molar-refractivity contribution is 5.96. The summed E-state index contributed by atoms with van der Waals surface area (Å²) in [5, 5.41) is 2.84. The predicted octanol–water partition coefficient (Wildman–Crippen LogP) is 2.37. The molecule has 0 spiro atoms. The van der Waals surface area contributed by atoms with Crippen LogP contribution in [-0.2, 0) is 16.1 Å². The summed E-state index contributed by atoms with van der Waals surface area (Å²) in [5.41, 5.74) is 2.04. The monoisotopic (exact) mass is 271 g/mol. The van der Waals surface area contributed by atoms with Gasteiger partial charge >= 0.3 is 5.97 Å². The van der Waals surface area contributed by atoms with Crippen LogP contribution in [0.5, 0.6) is 0 Å². The first-order valence-electron chi connectivity index (χ1n) is 6.53. The van der Waals surface area contributed by atoms with E-state index in [0.29, 0.717) is 17.7 Å². The molecule has 104 valence electrons. The zero-order chi connectivity index (χ0) is 14.4. The molecule has 0 atom stereocenters. The summed E-state index contributed by atoms with van der Waals surface area (Å²) in [5.74, 6) is -0.472. The number of hydrogen-bond acceptors (Lipinski definition) is 3. The van der Waals surface area contributed by atoms with E-state index >= 15 is 0 Å². The van der Waals surface area contributed by atoms with Gasteiger partial charge in [-0.3, -0.25) is 4.79 Å². The molecule has 0 bridgehead atoms. The molecule has 0 radical (unpaired) electrons. The first-order chi connectivity index (χ1) is 9.70. The quantitative estimate of drug-likeness (QED) is 0.855. The van der Waals surface area contributed by atoms with Crippen molar-refractivity contribution in [1.29, 1.82) is 0 Å². The van der Waals surface area contributed by atoms with Crippen LogP contribution in [0.3, 0.4) is 0 Å². The number of methoxy groups -OCH3 is 1. The van der Waals surface area contributed by atoms with Gasteiger partial charge in [0, 0.05) is 12.1 Å². The minimum absolute atomic E-state index is 0.0931. The molecule has 1 amide bonds. The zero-order valence-electron chi connectivity index (χ0n) is 11.4. The molecular formula is C16H17NO3. The molecule has 1 N–H and O–H groups in total. The largest absolute Gasteiger partial charge is 0.465 e. The van der Waals surface area contributed by atoms with Crippen molar-refractivity contribution in [2.45, 2.75) is 19.4 Å². The Hall–Kier alpha value is -2.36. The normalized spacial score (nSPS) is 13.6. The van der Waals surface area contributed by atoms with Crippen LogP contribution >= 0.6 is 0 Å². The number of carbonyl (C=O) groups is 2. The Kier molecular flexibility index (Phi) is 4.71. The molecule has 0 aliphatic heterocycles. The van der Waals surface area contributed by atoms with Gasteiger partial charge in [0.2, 0.25) is 0 Å². The van der Waals surface area contributed by atoms with Crippen LogP contribution in [0, 0.1) is 0 Å². The Balaban J connectivity index is 1.97. The maximum Gasteiger partial charge on any atom is 0.337 e. The molecule has 0 aromatic heterocycles. The van der Waals surface area contributed by atoms with Crippen LogP contribution in [0.2, 0.25) is 0 Å². The minimum atomic E-state index is -0.379. The predicted molar refractivity (Wildman–Crippen MR) is 76.1 cm³/mol. The highest BCUT2D eigenvalue weighted by Gasteiger charge is 2.09. The van der Waals surface area contributed by atoms with Gasteiger partial charge in [0.1, 0.15) is 0 Å². The topological polar surface area (TPSA) is 55.4 Å². The molecule has 4 nitrogen and oxygen atoms in total. The molecule has 1 aromatic rings. The summed E-state index contributed by atoms with van der Waals surface area (Å²) in [6.45, 7) is 0.384. The number of ether oxygens (including phenoxy) is 1. The summed E-state index contributed by atoms with van der Waals surface area (Å²) < 4.78 is 4.67. The number of allylic oxidation sites excluding steroid dienone is 2. The van der Waals surface area contributed by atoms with E-state index in [9.17, 15) is 9.59 Å². The van der Waals surface area contributed by atoms with Gasteiger partial charge in [0.15, 0.2) is 0 Å². The first-order valence-corrected chi connectivity index (χ1v) is 6.53. The number of carbonyl (C=O) groups excluding carboxylic acids is 2. The standard InChI is InChI=1S/C16H17NO3/c1-20-16(19)14-9-5-6-12(10-14)11-17-15(18)13-7-3-2-4-8-13/h3,5-10H,2,4,11H2,1H3,(H,17,18). The maximum absolute atomic E-state index is 11.9. The second-order valence-corrected chi connectivity index (χ2v) is 4.51. The maximum atomic E-state index is 11.9. The third-order valence-electron chi connectivity index (χ3n) is 3.06. The lowest BCUT2D eigenvalue weighted by Gasteiger charge is -2.09. The molecular weight excluding hydrogens is 254 g/mol. The summed E-state index contributed by atoms with van der Waals surface area (Å²) in [4.78, 5) is 23.3.